The number of aryl methyl sites for hydroxylation is 2. The summed E-state index contributed by atoms with van der Waals surface area (Å²) in [5.74, 6) is 0.510. The van der Waals surface area contributed by atoms with Crippen molar-refractivity contribution >= 4 is 23.2 Å². The number of carbonyl (C=O) groups excluding carboxylic acids is 2. The molecule has 174 valence electrons. The van der Waals surface area contributed by atoms with E-state index in [0.29, 0.717) is 36.6 Å². The van der Waals surface area contributed by atoms with Gasteiger partial charge in [0.2, 0.25) is 0 Å². The van der Waals surface area contributed by atoms with Crippen molar-refractivity contribution in [2.24, 2.45) is 0 Å². The molecule has 3 aromatic rings. The van der Waals surface area contributed by atoms with Crippen molar-refractivity contribution in [2.45, 2.75) is 20.4 Å². The summed E-state index contributed by atoms with van der Waals surface area (Å²) in [6, 6.07) is 21.8. The lowest BCUT2D eigenvalue weighted by Gasteiger charge is -2.37. The first kappa shape index (κ1) is 22.0. The van der Waals surface area contributed by atoms with Gasteiger partial charge in [-0.3, -0.25) is 9.59 Å². The zero-order valence-electron chi connectivity index (χ0n) is 19.7. The lowest BCUT2D eigenvalue weighted by Crippen LogP contribution is -2.49. The molecule has 0 spiro atoms. The van der Waals surface area contributed by atoms with E-state index in [4.69, 9.17) is 4.74 Å². The molecular formula is C28H29N3O3. The Hall–Kier alpha value is -3.80. The molecule has 2 amide bonds. The van der Waals surface area contributed by atoms with Crippen LogP contribution in [0, 0.1) is 13.8 Å². The predicted molar refractivity (Wildman–Crippen MR) is 134 cm³/mol. The Balaban J connectivity index is 1.32. The van der Waals surface area contributed by atoms with Gasteiger partial charge < -0.3 is 19.4 Å². The number of anilines is 2. The van der Waals surface area contributed by atoms with Crippen LogP contribution in [0.3, 0.4) is 0 Å². The Labute approximate surface area is 200 Å². The van der Waals surface area contributed by atoms with Crippen LogP contribution < -0.4 is 14.5 Å². The van der Waals surface area contributed by atoms with E-state index < -0.39 is 0 Å². The summed E-state index contributed by atoms with van der Waals surface area (Å²) in [7, 11) is 0. The van der Waals surface area contributed by atoms with Gasteiger partial charge in [0, 0.05) is 37.4 Å². The van der Waals surface area contributed by atoms with Gasteiger partial charge in [0.25, 0.3) is 11.8 Å². The number of rotatable bonds is 4. The molecule has 0 bridgehead atoms. The molecule has 0 aromatic heterocycles. The molecule has 6 nitrogen and oxygen atoms in total. The van der Waals surface area contributed by atoms with Gasteiger partial charge in [-0.1, -0.05) is 42.5 Å². The van der Waals surface area contributed by atoms with Crippen molar-refractivity contribution < 1.29 is 14.3 Å². The number of amides is 2. The lowest BCUT2D eigenvalue weighted by atomic mass is 10.1. The van der Waals surface area contributed by atoms with Crippen LogP contribution in [0.4, 0.5) is 11.4 Å². The first-order valence-corrected chi connectivity index (χ1v) is 11.7. The largest absolute Gasteiger partial charge is 0.482 e. The van der Waals surface area contributed by atoms with E-state index in [-0.39, 0.29) is 18.4 Å². The Morgan fingerprint density at radius 3 is 2.41 bits per heavy atom. The van der Waals surface area contributed by atoms with E-state index in [9.17, 15) is 9.59 Å². The molecule has 2 heterocycles. The van der Waals surface area contributed by atoms with Crippen molar-refractivity contribution in [3.05, 3.63) is 89.0 Å². The van der Waals surface area contributed by atoms with Crippen molar-refractivity contribution in [3.63, 3.8) is 0 Å². The minimum absolute atomic E-state index is 0.00740. The fourth-order valence-electron chi connectivity index (χ4n) is 4.67. The number of fused-ring (bicyclic) bond motifs is 1. The third kappa shape index (κ3) is 4.36. The van der Waals surface area contributed by atoms with Gasteiger partial charge in [-0.2, -0.15) is 0 Å². The van der Waals surface area contributed by atoms with Gasteiger partial charge >= 0.3 is 0 Å². The van der Waals surface area contributed by atoms with E-state index in [1.807, 2.05) is 35.2 Å². The summed E-state index contributed by atoms with van der Waals surface area (Å²) in [5.41, 5.74) is 6.00. The van der Waals surface area contributed by atoms with E-state index in [1.54, 1.807) is 23.1 Å². The molecule has 0 saturated carbocycles. The number of hydrogen-bond donors (Lipinski definition) is 0. The molecule has 5 rings (SSSR count). The molecule has 3 aromatic carbocycles. The fourth-order valence-corrected chi connectivity index (χ4v) is 4.67. The van der Waals surface area contributed by atoms with Gasteiger partial charge in [0.05, 0.1) is 12.2 Å². The molecule has 1 fully saturated rings. The second-order valence-electron chi connectivity index (χ2n) is 9.01. The maximum absolute atomic E-state index is 13.4. The summed E-state index contributed by atoms with van der Waals surface area (Å²) in [6.45, 7) is 7.60. The topological polar surface area (TPSA) is 53.1 Å². The number of piperazine rings is 1. The van der Waals surface area contributed by atoms with Gasteiger partial charge in [0.1, 0.15) is 5.75 Å². The van der Waals surface area contributed by atoms with Crippen molar-refractivity contribution in [1.29, 1.82) is 0 Å². The van der Waals surface area contributed by atoms with E-state index in [2.05, 4.69) is 36.9 Å². The van der Waals surface area contributed by atoms with Crippen molar-refractivity contribution in [2.75, 3.05) is 42.6 Å². The molecule has 0 unspecified atom stereocenters. The van der Waals surface area contributed by atoms with Crippen LogP contribution in [0.1, 0.15) is 27.0 Å². The minimum atomic E-state index is -0.108. The van der Waals surface area contributed by atoms with E-state index in [1.165, 1.54) is 16.8 Å². The van der Waals surface area contributed by atoms with Crippen LogP contribution in [0.15, 0.2) is 66.7 Å². The number of ether oxygens (including phenoxy) is 1. The zero-order chi connectivity index (χ0) is 23.7. The lowest BCUT2D eigenvalue weighted by molar-refractivity contribution is -0.121. The maximum atomic E-state index is 13.4. The predicted octanol–water partition coefficient (Wildman–Crippen LogP) is 4.19. The second-order valence-corrected chi connectivity index (χ2v) is 9.01. The maximum Gasteiger partial charge on any atom is 0.265 e. The Morgan fingerprint density at radius 2 is 1.65 bits per heavy atom. The molecule has 34 heavy (non-hydrogen) atoms. The van der Waals surface area contributed by atoms with Gasteiger partial charge in [0.15, 0.2) is 6.61 Å². The molecule has 0 aliphatic carbocycles. The Bertz CT molecular complexity index is 1220. The third-order valence-electron chi connectivity index (χ3n) is 6.60. The summed E-state index contributed by atoms with van der Waals surface area (Å²) in [5, 5.41) is 0. The van der Waals surface area contributed by atoms with Crippen LogP contribution >= 0.6 is 0 Å². The smallest absolute Gasteiger partial charge is 0.265 e. The molecule has 1 saturated heterocycles. The van der Waals surface area contributed by atoms with Gasteiger partial charge in [-0.15, -0.1) is 0 Å². The first-order valence-electron chi connectivity index (χ1n) is 11.7. The molecule has 0 radical (unpaired) electrons. The van der Waals surface area contributed by atoms with Crippen LogP contribution in [0.2, 0.25) is 0 Å². The Kier molecular flexibility index (Phi) is 5.97. The number of carbonyl (C=O) groups is 2. The zero-order valence-corrected chi connectivity index (χ0v) is 19.7. The molecule has 6 heteroatoms. The van der Waals surface area contributed by atoms with Gasteiger partial charge in [-0.05, 0) is 54.8 Å². The molecule has 0 N–H and O–H groups in total. The van der Waals surface area contributed by atoms with Crippen LogP contribution in [-0.4, -0.2) is 49.5 Å². The molecular weight excluding hydrogens is 426 g/mol. The average molecular weight is 456 g/mol. The Morgan fingerprint density at radius 1 is 0.882 bits per heavy atom. The van der Waals surface area contributed by atoms with Crippen LogP contribution in [0.5, 0.6) is 5.75 Å². The number of hydrogen-bond acceptors (Lipinski definition) is 4. The average Bonchev–Trinajstić information content (AvgIpc) is 2.87. The molecule has 2 aliphatic rings. The molecule has 0 atom stereocenters. The third-order valence-corrected chi connectivity index (χ3v) is 6.60. The minimum Gasteiger partial charge on any atom is -0.482 e. The highest BCUT2D eigenvalue weighted by atomic mass is 16.5. The standard InChI is InChI=1S/C28H29N3O3/c1-20-8-9-21(2)24(16-20)29-12-14-30(15-13-29)28(33)23-10-11-26-25(17-23)31(27(32)19-34-26)18-22-6-4-3-5-7-22/h3-11,16-17H,12-15,18-19H2,1-2H3. The van der Waals surface area contributed by atoms with Crippen LogP contribution in [-0.2, 0) is 11.3 Å². The van der Waals surface area contributed by atoms with E-state index in [0.717, 1.165) is 18.7 Å². The van der Waals surface area contributed by atoms with E-state index >= 15 is 0 Å². The summed E-state index contributed by atoms with van der Waals surface area (Å²) in [6.07, 6.45) is 0. The van der Waals surface area contributed by atoms with Gasteiger partial charge in [-0.25, -0.2) is 0 Å². The summed E-state index contributed by atoms with van der Waals surface area (Å²) >= 11 is 0. The van der Waals surface area contributed by atoms with Crippen LogP contribution in [0.25, 0.3) is 0 Å². The first-order chi connectivity index (χ1) is 16.5. The monoisotopic (exact) mass is 455 g/mol. The highest BCUT2D eigenvalue weighted by molar-refractivity contribution is 6.01. The second kappa shape index (κ2) is 9.21. The summed E-state index contributed by atoms with van der Waals surface area (Å²) in [4.78, 5) is 32.0. The summed E-state index contributed by atoms with van der Waals surface area (Å²) < 4.78 is 5.64. The quantitative estimate of drug-likeness (QED) is 0.592. The van der Waals surface area contributed by atoms with Crippen molar-refractivity contribution in [1.82, 2.24) is 4.90 Å². The normalized spacial score (nSPS) is 15.7. The number of nitrogens with zero attached hydrogens (tertiary/aromatic N) is 3. The highest BCUT2D eigenvalue weighted by Gasteiger charge is 2.29. The fraction of sp³-hybridized carbons (Fsp3) is 0.286. The van der Waals surface area contributed by atoms with Crippen molar-refractivity contribution in [3.8, 4) is 5.75 Å². The number of benzene rings is 3. The molecule has 2 aliphatic heterocycles. The highest BCUT2D eigenvalue weighted by Crippen LogP contribution is 2.34. The SMILES string of the molecule is Cc1ccc(C)c(N2CCN(C(=O)c3ccc4c(c3)N(Cc3ccccc3)C(=O)CO4)CC2)c1.